The number of rotatable bonds is 10. The number of para-hydroxylation sites is 1. The van der Waals surface area contributed by atoms with Crippen LogP contribution in [0.25, 0.3) is 10.2 Å². The van der Waals surface area contributed by atoms with Crippen molar-refractivity contribution in [2.45, 2.75) is 26.2 Å². The molecule has 4 rings (SSSR count). The molecule has 3 aromatic rings. The maximum Gasteiger partial charge on any atom is 0.260 e. The molecule has 2 aromatic carbocycles. The van der Waals surface area contributed by atoms with E-state index in [0.29, 0.717) is 35.1 Å². The highest BCUT2D eigenvalue weighted by atomic mass is 32.1. The lowest BCUT2D eigenvalue weighted by molar-refractivity contribution is 0.0376. The summed E-state index contributed by atoms with van der Waals surface area (Å²) in [5.41, 5.74) is 0.843. The fourth-order valence-electron chi connectivity index (χ4n) is 3.79. The number of halogens is 1. The van der Waals surface area contributed by atoms with Gasteiger partial charge in [-0.25, -0.2) is 9.37 Å². The van der Waals surface area contributed by atoms with Gasteiger partial charge < -0.3 is 9.47 Å². The number of nitrogens with zero attached hydrogens (tertiary/aromatic N) is 3. The quantitative estimate of drug-likeness (QED) is 0.390. The van der Waals surface area contributed by atoms with E-state index in [1.54, 1.807) is 23.1 Å². The molecule has 1 aliphatic rings. The first kappa shape index (κ1) is 23.6. The van der Waals surface area contributed by atoms with E-state index in [0.717, 1.165) is 56.8 Å². The number of carbonyl (C=O) groups is 1. The van der Waals surface area contributed by atoms with Gasteiger partial charge in [0.1, 0.15) is 17.1 Å². The summed E-state index contributed by atoms with van der Waals surface area (Å²) < 4.78 is 26.2. The lowest BCUT2D eigenvalue weighted by Gasteiger charge is -2.27. The van der Waals surface area contributed by atoms with E-state index < -0.39 is 0 Å². The van der Waals surface area contributed by atoms with Gasteiger partial charge in [-0.15, -0.1) is 0 Å². The number of hydrogen-bond acceptors (Lipinski definition) is 6. The molecule has 0 N–H and O–H groups in total. The standard InChI is InChI=1S/C25H30FN3O3S/c1-2-3-15-32-20-8-4-7-19(18-20)24(30)29(12-6-11-28-13-16-31-17-14-28)25-27-23-21(26)9-5-10-22(23)33-25/h4-5,7-10,18H,2-3,6,11-17H2,1H3. The Hall–Kier alpha value is -2.55. The molecule has 2 heterocycles. The number of ether oxygens (including phenoxy) is 2. The molecule has 0 radical (unpaired) electrons. The average molecular weight is 472 g/mol. The van der Waals surface area contributed by atoms with Crippen molar-refractivity contribution >= 4 is 32.6 Å². The monoisotopic (exact) mass is 471 g/mol. The zero-order valence-electron chi connectivity index (χ0n) is 19.0. The van der Waals surface area contributed by atoms with E-state index in [2.05, 4.69) is 16.8 Å². The summed E-state index contributed by atoms with van der Waals surface area (Å²) in [5, 5.41) is 0.513. The van der Waals surface area contributed by atoms with Gasteiger partial charge in [0.05, 0.1) is 24.5 Å². The van der Waals surface area contributed by atoms with Gasteiger partial charge in [-0.3, -0.25) is 14.6 Å². The Bertz CT molecular complexity index is 1070. The number of aromatic nitrogens is 1. The van der Waals surface area contributed by atoms with Crippen LogP contribution in [0.2, 0.25) is 0 Å². The van der Waals surface area contributed by atoms with E-state index in [1.165, 1.54) is 17.4 Å². The van der Waals surface area contributed by atoms with Gasteiger partial charge in [0.25, 0.3) is 5.91 Å². The zero-order valence-corrected chi connectivity index (χ0v) is 19.8. The summed E-state index contributed by atoms with van der Waals surface area (Å²) in [6.45, 7) is 7.38. The maximum absolute atomic E-state index is 14.3. The van der Waals surface area contributed by atoms with Gasteiger partial charge in [0.2, 0.25) is 0 Å². The number of fused-ring (bicyclic) bond motifs is 1. The lowest BCUT2D eigenvalue weighted by Crippen LogP contribution is -2.39. The molecule has 8 heteroatoms. The minimum atomic E-state index is -0.373. The smallest absolute Gasteiger partial charge is 0.260 e. The molecule has 1 aliphatic heterocycles. The van der Waals surface area contributed by atoms with E-state index in [4.69, 9.17) is 9.47 Å². The molecule has 1 saturated heterocycles. The minimum absolute atomic E-state index is 0.155. The largest absolute Gasteiger partial charge is 0.494 e. The topological polar surface area (TPSA) is 54.9 Å². The second kappa shape index (κ2) is 11.5. The first-order valence-electron chi connectivity index (χ1n) is 11.6. The molecule has 0 saturated carbocycles. The molecule has 0 aliphatic carbocycles. The van der Waals surface area contributed by atoms with Gasteiger partial charge >= 0.3 is 0 Å². The van der Waals surface area contributed by atoms with E-state index in [1.807, 2.05) is 18.2 Å². The van der Waals surface area contributed by atoms with Gasteiger partial charge in [0, 0.05) is 31.7 Å². The summed E-state index contributed by atoms with van der Waals surface area (Å²) >= 11 is 1.34. The van der Waals surface area contributed by atoms with Crippen molar-refractivity contribution in [2.75, 3.05) is 50.9 Å². The van der Waals surface area contributed by atoms with Crippen molar-refractivity contribution in [3.63, 3.8) is 0 Å². The number of thiazole rings is 1. The molecule has 0 bridgehead atoms. The van der Waals surface area contributed by atoms with Gasteiger partial charge in [-0.05, 0) is 43.2 Å². The number of amides is 1. The molecule has 6 nitrogen and oxygen atoms in total. The molecule has 33 heavy (non-hydrogen) atoms. The van der Waals surface area contributed by atoms with E-state index >= 15 is 0 Å². The fraction of sp³-hybridized carbons (Fsp3) is 0.440. The van der Waals surface area contributed by atoms with Crippen molar-refractivity contribution in [1.29, 1.82) is 0 Å². The third kappa shape index (κ3) is 6.07. The highest BCUT2D eigenvalue weighted by Gasteiger charge is 2.23. The number of carbonyl (C=O) groups excluding carboxylic acids is 1. The highest BCUT2D eigenvalue weighted by Crippen LogP contribution is 2.31. The number of hydrogen-bond donors (Lipinski definition) is 0. The predicted molar refractivity (Wildman–Crippen MR) is 130 cm³/mol. The van der Waals surface area contributed by atoms with Gasteiger partial charge in [-0.2, -0.15) is 0 Å². The summed E-state index contributed by atoms with van der Waals surface area (Å²) in [6, 6.07) is 12.2. The molecule has 176 valence electrons. The molecule has 0 atom stereocenters. The first-order chi connectivity index (χ1) is 16.2. The number of anilines is 1. The van der Waals surface area contributed by atoms with Crippen LogP contribution in [-0.4, -0.2) is 61.8 Å². The molecule has 0 spiro atoms. The van der Waals surface area contributed by atoms with Crippen LogP contribution in [0.5, 0.6) is 5.75 Å². The average Bonchev–Trinajstić information content (AvgIpc) is 3.28. The Labute approximate surface area is 197 Å². The van der Waals surface area contributed by atoms with Crippen molar-refractivity contribution in [3.8, 4) is 5.75 Å². The first-order valence-corrected chi connectivity index (χ1v) is 12.4. The van der Waals surface area contributed by atoms with Crippen LogP contribution in [0.4, 0.5) is 9.52 Å². The molecular formula is C25H30FN3O3S. The Morgan fingerprint density at radius 3 is 2.82 bits per heavy atom. The van der Waals surface area contributed by atoms with Gasteiger partial charge in [-0.1, -0.05) is 36.8 Å². The third-order valence-electron chi connectivity index (χ3n) is 5.64. The summed E-state index contributed by atoms with van der Waals surface area (Å²) in [4.78, 5) is 22.1. The number of unbranched alkanes of at least 4 members (excludes halogenated alkanes) is 1. The summed E-state index contributed by atoms with van der Waals surface area (Å²) in [6.07, 6.45) is 2.80. The van der Waals surface area contributed by atoms with Crippen LogP contribution < -0.4 is 9.64 Å². The van der Waals surface area contributed by atoms with Crippen LogP contribution in [0, 0.1) is 5.82 Å². The fourth-order valence-corrected chi connectivity index (χ4v) is 4.79. The summed E-state index contributed by atoms with van der Waals surface area (Å²) in [5.74, 6) is 0.150. The van der Waals surface area contributed by atoms with Crippen molar-refractivity contribution < 1.29 is 18.7 Å². The Morgan fingerprint density at radius 2 is 2.03 bits per heavy atom. The van der Waals surface area contributed by atoms with Gasteiger partial charge in [0.15, 0.2) is 5.13 Å². The summed E-state index contributed by atoms with van der Waals surface area (Å²) in [7, 11) is 0. The van der Waals surface area contributed by atoms with Crippen LogP contribution in [0.15, 0.2) is 42.5 Å². The minimum Gasteiger partial charge on any atom is -0.494 e. The Morgan fingerprint density at radius 1 is 1.21 bits per heavy atom. The maximum atomic E-state index is 14.3. The normalized spacial score (nSPS) is 14.5. The van der Waals surface area contributed by atoms with E-state index in [9.17, 15) is 9.18 Å². The molecule has 1 aromatic heterocycles. The third-order valence-corrected chi connectivity index (χ3v) is 6.69. The molecule has 1 fully saturated rings. The second-order valence-corrected chi connectivity index (χ2v) is 9.09. The number of benzene rings is 2. The highest BCUT2D eigenvalue weighted by molar-refractivity contribution is 7.22. The number of morpholine rings is 1. The lowest BCUT2D eigenvalue weighted by atomic mass is 10.2. The molecular weight excluding hydrogens is 441 g/mol. The SMILES string of the molecule is CCCCOc1cccc(C(=O)N(CCCN2CCOCC2)c2nc3c(F)cccc3s2)c1. The van der Waals surface area contributed by atoms with Crippen molar-refractivity contribution in [2.24, 2.45) is 0 Å². The van der Waals surface area contributed by atoms with Crippen LogP contribution in [0.1, 0.15) is 36.5 Å². The Kier molecular flexibility index (Phi) is 8.25. The van der Waals surface area contributed by atoms with Crippen molar-refractivity contribution in [3.05, 3.63) is 53.8 Å². The van der Waals surface area contributed by atoms with Crippen molar-refractivity contribution in [1.82, 2.24) is 9.88 Å². The van der Waals surface area contributed by atoms with Crippen LogP contribution in [-0.2, 0) is 4.74 Å². The zero-order chi connectivity index (χ0) is 23.0. The second-order valence-electron chi connectivity index (χ2n) is 8.08. The van der Waals surface area contributed by atoms with E-state index in [-0.39, 0.29) is 11.7 Å². The van der Waals surface area contributed by atoms with Crippen LogP contribution in [0.3, 0.4) is 0 Å². The van der Waals surface area contributed by atoms with Crippen LogP contribution >= 0.6 is 11.3 Å². The molecule has 0 unspecified atom stereocenters. The molecule has 1 amide bonds. The predicted octanol–water partition coefficient (Wildman–Crippen LogP) is 4.98. The Balaban J connectivity index is 1.55.